The molecule has 0 aliphatic carbocycles. The standard InChI is InChI=1S/C20H24FN3O2/c1-24(14-18-4-2-3-11-22-18)19(25)23-15-20(9-12-26-13-10-20)16-5-7-17(21)8-6-16/h2-8,11H,9-10,12-15H2,1H3,(H,23,25). The average Bonchev–Trinajstić information content (AvgIpc) is 2.68. The van der Waals surface area contributed by atoms with Crippen LogP contribution in [0.5, 0.6) is 0 Å². The van der Waals surface area contributed by atoms with Gasteiger partial charge < -0.3 is 15.0 Å². The largest absolute Gasteiger partial charge is 0.381 e. The molecule has 0 radical (unpaired) electrons. The summed E-state index contributed by atoms with van der Waals surface area (Å²) >= 11 is 0. The molecule has 3 rings (SSSR count). The number of benzene rings is 1. The fourth-order valence-corrected chi connectivity index (χ4v) is 3.32. The molecule has 1 N–H and O–H groups in total. The minimum atomic E-state index is -0.255. The molecule has 0 saturated carbocycles. The van der Waals surface area contributed by atoms with Crippen LogP contribution in [0.3, 0.4) is 0 Å². The number of nitrogens with zero attached hydrogens (tertiary/aromatic N) is 2. The highest BCUT2D eigenvalue weighted by Gasteiger charge is 2.35. The normalized spacial score (nSPS) is 16.1. The van der Waals surface area contributed by atoms with Crippen LogP contribution in [-0.4, -0.2) is 42.7 Å². The molecule has 2 aromatic rings. The first-order chi connectivity index (χ1) is 12.6. The molecule has 2 heterocycles. The monoisotopic (exact) mass is 357 g/mol. The Morgan fingerprint density at radius 1 is 1.23 bits per heavy atom. The van der Waals surface area contributed by atoms with Crippen LogP contribution in [0.1, 0.15) is 24.1 Å². The summed E-state index contributed by atoms with van der Waals surface area (Å²) in [5, 5.41) is 3.04. The van der Waals surface area contributed by atoms with Gasteiger partial charge in [-0.05, 0) is 42.7 Å². The molecule has 0 spiro atoms. The van der Waals surface area contributed by atoms with Crippen molar-refractivity contribution in [1.29, 1.82) is 0 Å². The Labute approximate surface area is 153 Å². The molecule has 1 saturated heterocycles. The Kier molecular flexibility index (Phi) is 5.83. The first-order valence-electron chi connectivity index (χ1n) is 8.82. The zero-order valence-electron chi connectivity index (χ0n) is 15.0. The van der Waals surface area contributed by atoms with E-state index < -0.39 is 0 Å². The molecule has 2 amide bonds. The maximum absolute atomic E-state index is 13.3. The quantitative estimate of drug-likeness (QED) is 0.895. The third-order valence-electron chi connectivity index (χ3n) is 4.96. The van der Waals surface area contributed by atoms with Gasteiger partial charge in [0.25, 0.3) is 0 Å². The number of carbonyl (C=O) groups excluding carboxylic acids is 1. The second kappa shape index (κ2) is 8.27. The van der Waals surface area contributed by atoms with Crippen LogP contribution in [0.25, 0.3) is 0 Å². The summed E-state index contributed by atoms with van der Waals surface area (Å²) in [5.74, 6) is -0.255. The van der Waals surface area contributed by atoms with Gasteiger partial charge in [0.05, 0.1) is 12.2 Å². The number of nitrogens with one attached hydrogen (secondary N) is 1. The Hall–Kier alpha value is -2.47. The van der Waals surface area contributed by atoms with Gasteiger partial charge >= 0.3 is 6.03 Å². The summed E-state index contributed by atoms with van der Waals surface area (Å²) in [6.45, 7) is 2.21. The zero-order valence-corrected chi connectivity index (χ0v) is 15.0. The molecule has 6 heteroatoms. The van der Waals surface area contributed by atoms with Crippen LogP contribution in [0.2, 0.25) is 0 Å². The molecule has 0 unspecified atom stereocenters. The highest BCUT2D eigenvalue weighted by Crippen LogP contribution is 2.34. The third kappa shape index (κ3) is 4.38. The van der Waals surface area contributed by atoms with Crippen molar-refractivity contribution >= 4 is 6.03 Å². The second-order valence-electron chi connectivity index (χ2n) is 6.74. The van der Waals surface area contributed by atoms with Crippen molar-refractivity contribution < 1.29 is 13.9 Å². The number of rotatable bonds is 5. The highest BCUT2D eigenvalue weighted by molar-refractivity contribution is 5.74. The van der Waals surface area contributed by atoms with Gasteiger partial charge in [0, 0.05) is 38.4 Å². The number of amides is 2. The number of hydrogen-bond acceptors (Lipinski definition) is 3. The number of halogens is 1. The number of urea groups is 1. The van der Waals surface area contributed by atoms with Gasteiger partial charge in [-0.1, -0.05) is 18.2 Å². The van der Waals surface area contributed by atoms with Crippen molar-refractivity contribution in [2.45, 2.75) is 24.8 Å². The maximum atomic E-state index is 13.3. The van der Waals surface area contributed by atoms with E-state index in [0.717, 1.165) is 24.1 Å². The maximum Gasteiger partial charge on any atom is 0.317 e. The van der Waals surface area contributed by atoms with Gasteiger partial charge in [0.2, 0.25) is 0 Å². The topological polar surface area (TPSA) is 54.5 Å². The Bertz CT molecular complexity index is 716. The van der Waals surface area contributed by atoms with Gasteiger partial charge in [0.1, 0.15) is 5.82 Å². The summed E-state index contributed by atoms with van der Waals surface area (Å²) < 4.78 is 18.8. The minimum Gasteiger partial charge on any atom is -0.381 e. The van der Waals surface area contributed by atoms with Crippen molar-refractivity contribution in [3.63, 3.8) is 0 Å². The van der Waals surface area contributed by atoms with E-state index >= 15 is 0 Å². The number of pyridine rings is 1. The molecular weight excluding hydrogens is 333 g/mol. The van der Waals surface area contributed by atoms with Gasteiger partial charge in [-0.15, -0.1) is 0 Å². The van der Waals surface area contributed by atoms with Crippen molar-refractivity contribution in [2.24, 2.45) is 0 Å². The highest BCUT2D eigenvalue weighted by atomic mass is 19.1. The van der Waals surface area contributed by atoms with E-state index in [-0.39, 0.29) is 17.3 Å². The van der Waals surface area contributed by atoms with E-state index in [9.17, 15) is 9.18 Å². The number of aromatic nitrogens is 1. The molecule has 0 atom stereocenters. The van der Waals surface area contributed by atoms with Gasteiger partial charge in [0.15, 0.2) is 0 Å². The van der Waals surface area contributed by atoms with Crippen LogP contribution < -0.4 is 5.32 Å². The SMILES string of the molecule is CN(Cc1ccccn1)C(=O)NCC1(c2ccc(F)cc2)CCOCC1. The summed E-state index contributed by atoms with van der Waals surface area (Å²) in [4.78, 5) is 18.4. The number of carbonyl (C=O) groups is 1. The molecule has 1 aromatic carbocycles. The van der Waals surface area contributed by atoms with E-state index in [1.165, 1.54) is 12.1 Å². The fourth-order valence-electron chi connectivity index (χ4n) is 3.32. The summed E-state index contributed by atoms with van der Waals surface area (Å²) in [5.41, 5.74) is 1.65. The summed E-state index contributed by atoms with van der Waals surface area (Å²) in [7, 11) is 1.75. The third-order valence-corrected chi connectivity index (χ3v) is 4.96. The van der Waals surface area contributed by atoms with E-state index in [1.807, 2.05) is 30.3 Å². The smallest absolute Gasteiger partial charge is 0.317 e. The molecule has 0 bridgehead atoms. The number of ether oxygens (including phenoxy) is 1. The predicted molar refractivity (Wildman–Crippen MR) is 97.2 cm³/mol. The molecular formula is C20H24FN3O2. The first-order valence-corrected chi connectivity index (χ1v) is 8.82. The van der Waals surface area contributed by atoms with Crippen molar-refractivity contribution in [1.82, 2.24) is 15.2 Å². The Morgan fingerprint density at radius 3 is 2.62 bits per heavy atom. The predicted octanol–water partition coefficient (Wildman–Crippen LogP) is 3.11. The van der Waals surface area contributed by atoms with Crippen LogP contribution in [0.4, 0.5) is 9.18 Å². The molecule has 138 valence electrons. The van der Waals surface area contributed by atoms with E-state index in [1.54, 1.807) is 18.1 Å². The second-order valence-corrected chi connectivity index (χ2v) is 6.74. The van der Waals surface area contributed by atoms with Gasteiger partial charge in [-0.2, -0.15) is 0 Å². The summed E-state index contributed by atoms with van der Waals surface area (Å²) in [6, 6.07) is 12.1. The lowest BCUT2D eigenvalue weighted by Crippen LogP contribution is -2.47. The van der Waals surface area contributed by atoms with E-state index in [2.05, 4.69) is 10.3 Å². The molecule has 1 aromatic heterocycles. The molecule has 1 fully saturated rings. The van der Waals surface area contributed by atoms with E-state index in [4.69, 9.17) is 4.74 Å². The lowest BCUT2D eigenvalue weighted by Gasteiger charge is -2.38. The zero-order chi connectivity index (χ0) is 18.4. The van der Waals surface area contributed by atoms with Crippen LogP contribution in [0, 0.1) is 5.82 Å². The van der Waals surface area contributed by atoms with Crippen molar-refractivity contribution in [3.05, 3.63) is 65.7 Å². The fraction of sp³-hybridized carbons (Fsp3) is 0.400. The lowest BCUT2D eigenvalue weighted by molar-refractivity contribution is 0.0502. The first kappa shape index (κ1) is 18.3. The molecule has 1 aliphatic heterocycles. The Balaban J connectivity index is 1.65. The molecule has 26 heavy (non-hydrogen) atoms. The van der Waals surface area contributed by atoms with Gasteiger partial charge in [-0.3, -0.25) is 4.98 Å². The van der Waals surface area contributed by atoms with E-state index in [0.29, 0.717) is 26.3 Å². The minimum absolute atomic E-state index is 0.149. The van der Waals surface area contributed by atoms with Crippen LogP contribution in [-0.2, 0) is 16.7 Å². The van der Waals surface area contributed by atoms with Crippen molar-refractivity contribution in [2.75, 3.05) is 26.8 Å². The van der Waals surface area contributed by atoms with Gasteiger partial charge in [-0.25, -0.2) is 9.18 Å². The number of hydrogen-bond donors (Lipinski definition) is 1. The van der Waals surface area contributed by atoms with Crippen LogP contribution in [0.15, 0.2) is 48.7 Å². The average molecular weight is 357 g/mol. The molecule has 5 nitrogen and oxygen atoms in total. The molecule has 1 aliphatic rings. The van der Waals surface area contributed by atoms with Crippen molar-refractivity contribution in [3.8, 4) is 0 Å². The lowest BCUT2D eigenvalue weighted by atomic mass is 9.74. The summed E-state index contributed by atoms with van der Waals surface area (Å²) in [6.07, 6.45) is 3.30. The van der Waals surface area contributed by atoms with Crippen LogP contribution >= 0.6 is 0 Å². The Morgan fingerprint density at radius 2 is 1.96 bits per heavy atom.